The molecule has 0 aliphatic carbocycles. The van der Waals surface area contributed by atoms with E-state index in [0.717, 1.165) is 17.1 Å². The molecule has 0 unspecified atom stereocenters. The molecule has 7 rings (SSSR count). The number of benzene rings is 4. The summed E-state index contributed by atoms with van der Waals surface area (Å²) in [6, 6.07) is 33.6. The number of hydrazone groups is 1. The second kappa shape index (κ2) is 14.1. The van der Waals surface area contributed by atoms with Crippen LogP contribution < -0.4 is 5.01 Å². The molecular formula is C37H36IrN5Se. The van der Waals surface area contributed by atoms with Gasteiger partial charge in [0.1, 0.15) is 0 Å². The van der Waals surface area contributed by atoms with Crippen LogP contribution in [0.2, 0.25) is 0 Å². The van der Waals surface area contributed by atoms with Gasteiger partial charge in [-0.3, -0.25) is 4.98 Å². The smallest absolute Gasteiger partial charge is 3.00 e. The summed E-state index contributed by atoms with van der Waals surface area (Å²) in [7, 11) is 0. The summed E-state index contributed by atoms with van der Waals surface area (Å²) in [5.74, 6) is 1.86. The van der Waals surface area contributed by atoms with Gasteiger partial charge in [0.2, 0.25) is 0 Å². The topological polar surface area (TPSA) is 36.7 Å². The molecule has 3 heterocycles. The molecule has 0 fully saturated rings. The van der Waals surface area contributed by atoms with Gasteiger partial charge in [-0.15, -0.1) is 35.9 Å². The second-order valence-corrected chi connectivity index (χ2v) is 13.2. The fraction of sp³-hybridized carbons (Fsp3) is 0.216. The Bertz CT molecular complexity index is 1950. The molecule has 0 bridgehead atoms. The minimum absolute atomic E-state index is 0. The van der Waals surface area contributed by atoms with Gasteiger partial charge < -0.3 is 4.57 Å². The van der Waals surface area contributed by atoms with E-state index < -0.39 is 6.85 Å². The number of aromatic nitrogens is 2. The van der Waals surface area contributed by atoms with E-state index in [1.165, 1.54) is 36.1 Å². The van der Waals surface area contributed by atoms with Crippen LogP contribution in [-0.4, -0.2) is 41.8 Å². The number of para-hydroxylation sites is 1. The molecule has 1 aliphatic heterocycles. The second-order valence-electron chi connectivity index (χ2n) is 11.0. The van der Waals surface area contributed by atoms with E-state index in [9.17, 15) is 0 Å². The molecule has 0 saturated heterocycles. The van der Waals surface area contributed by atoms with Gasteiger partial charge in [-0.2, -0.15) is 0 Å². The fourth-order valence-electron chi connectivity index (χ4n) is 5.37. The Morgan fingerprint density at radius 2 is 1.66 bits per heavy atom. The molecule has 5 nitrogen and oxygen atoms in total. The van der Waals surface area contributed by atoms with E-state index in [-0.39, 0.29) is 41.2 Å². The van der Waals surface area contributed by atoms with Gasteiger partial charge in [0.15, 0.2) is 0 Å². The molecule has 44 heavy (non-hydrogen) atoms. The van der Waals surface area contributed by atoms with Gasteiger partial charge in [0.05, 0.1) is 5.82 Å². The molecule has 0 spiro atoms. The summed E-state index contributed by atoms with van der Waals surface area (Å²) < 4.78 is 26.9. The summed E-state index contributed by atoms with van der Waals surface area (Å²) in [6.07, 6.45) is 5.48. The number of hydrogen-bond acceptors (Lipinski definition) is 4. The van der Waals surface area contributed by atoms with Crippen LogP contribution in [0.5, 0.6) is 0 Å². The molecule has 0 radical (unpaired) electrons. The average molecular weight is 825 g/mol. The summed E-state index contributed by atoms with van der Waals surface area (Å²) in [4.78, 5) is 6.19. The van der Waals surface area contributed by atoms with Crippen LogP contribution in [0.4, 0.5) is 5.69 Å². The minimum atomic E-state index is -2.01. The molecular weight excluding hydrogens is 786 g/mol. The maximum absolute atomic E-state index is 7.36. The van der Waals surface area contributed by atoms with Crippen molar-refractivity contribution in [1.29, 1.82) is 0 Å². The SMILES string of the molecule is CC(C)c1cccc(C(C)C)c1-n1ccnc1-c1[c-]cccc1.[2H]C([2H])([2H])CN1C=NN(c2[c-]ccc3c2[se]c2ccccc23)[CH-]1.[Ir+3]. The first-order valence-electron chi connectivity index (χ1n) is 16.0. The van der Waals surface area contributed by atoms with E-state index in [4.69, 9.17) is 4.11 Å². The van der Waals surface area contributed by atoms with E-state index in [2.05, 4.69) is 115 Å². The van der Waals surface area contributed by atoms with Crippen molar-refractivity contribution < 1.29 is 24.2 Å². The molecule has 2 aromatic heterocycles. The molecule has 4 aromatic carbocycles. The van der Waals surface area contributed by atoms with Crippen molar-refractivity contribution in [2.75, 3.05) is 11.6 Å². The van der Waals surface area contributed by atoms with Crippen LogP contribution in [0.1, 0.15) is 61.6 Å². The summed E-state index contributed by atoms with van der Waals surface area (Å²) >= 11 is 0.208. The number of hydrogen-bond donors (Lipinski definition) is 0. The Morgan fingerprint density at radius 3 is 2.39 bits per heavy atom. The normalized spacial score (nSPS) is 14.0. The molecule has 0 amide bonds. The number of anilines is 1. The summed E-state index contributed by atoms with van der Waals surface area (Å²) in [5.41, 5.74) is 5.90. The maximum Gasteiger partial charge on any atom is 3.00 e. The zero-order valence-electron chi connectivity index (χ0n) is 28.2. The van der Waals surface area contributed by atoms with Gasteiger partial charge in [-0.25, -0.2) is 0 Å². The van der Waals surface area contributed by atoms with E-state index in [1.807, 2.05) is 30.5 Å². The molecule has 7 heteroatoms. The van der Waals surface area contributed by atoms with E-state index in [1.54, 1.807) is 22.9 Å². The van der Waals surface area contributed by atoms with Crippen LogP contribution in [0, 0.1) is 18.8 Å². The third-order valence-corrected chi connectivity index (χ3v) is 9.99. The quantitative estimate of drug-likeness (QED) is 0.125. The third-order valence-electron chi connectivity index (χ3n) is 7.49. The Balaban J connectivity index is 0.000000181. The Labute approximate surface area is 284 Å². The summed E-state index contributed by atoms with van der Waals surface area (Å²) in [6.45, 7) is 8.64. The first-order chi connectivity index (χ1) is 22.1. The largest absolute Gasteiger partial charge is 3.00 e. The zero-order chi connectivity index (χ0) is 32.4. The first-order valence-corrected chi connectivity index (χ1v) is 16.2. The Kier molecular flexibility index (Phi) is 8.98. The third kappa shape index (κ3) is 6.34. The molecule has 0 N–H and O–H groups in total. The van der Waals surface area contributed by atoms with Crippen LogP contribution in [0.25, 0.3) is 36.4 Å². The molecule has 6 aromatic rings. The van der Waals surface area contributed by atoms with Crippen LogP contribution in [0.3, 0.4) is 0 Å². The van der Waals surface area contributed by atoms with Crippen molar-refractivity contribution in [2.45, 2.75) is 46.4 Å². The predicted molar refractivity (Wildman–Crippen MR) is 181 cm³/mol. The van der Waals surface area contributed by atoms with Gasteiger partial charge in [-0.1, -0.05) is 45.9 Å². The molecule has 1 aliphatic rings. The molecule has 224 valence electrons. The van der Waals surface area contributed by atoms with Crippen molar-refractivity contribution >= 4 is 45.8 Å². The van der Waals surface area contributed by atoms with Crippen molar-refractivity contribution in [3.63, 3.8) is 0 Å². The van der Waals surface area contributed by atoms with E-state index >= 15 is 0 Å². The Morgan fingerprint density at radius 1 is 0.886 bits per heavy atom. The number of imidazole rings is 1. The number of nitrogens with zero attached hydrogens (tertiary/aromatic N) is 5. The summed E-state index contributed by atoms with van der Waals surface area (Å²) in [5, 5.41) is 8.55. The number of fused-ring (bicyclic) bond motifs is 3. The maximum atomic E-state index is 7.36. The molecule has 0 saturated carbocycles. The Hall–Kier alpha value is -3.47. The van der Waals surface area contributed by atoms with Crippen molar-refractivity contribution in [2.24, 2.45) is 5.10 Å². The van der Waals surface area contributed by atoms with E-state index in [0.29, 0.717) is 11.8 Å². The predicted octanol–water partition coefficient (Wildman–Crippen LogP) is 8.64. The van der Waals surface area contributed by atoms with Crippen LogP contribution >= 0.6 is 0 Å². The standard InChI is InChI=1S/C21H23N2.C16H13N3Se.Ir/c1-15(2)18-11-8-12-19(16(3)4)20(18)23-14-13-22-21(23)17-9-6-5-7-10-17;1-2-18-10-17-19(11-18)14-8-5-7-13-12-6-3-4-9-15(12)20-16(13)14;/h5-9,11-16H,1-4H3;3-7,9-11H,2H2,1H3;/q-1;-2;+3/i;1D3;. The van der Waals surface area contributed by atoms with Crippen molar-refractivity contribution in [3.05, 3.63) is 121 Å². The monoisotopic (exact) mass is 826 g/mol. The van der Waals surface area contributed by atoms with Crippen molar-refractivity contribution in [1.82, 2.24) is 14.5 Å². The van der Waals surface area contributed by atoms with Gasteiger partial charge in [0, 0.05) is 18.1 Å². The van der Waals surface area contributed by atoms with Gasteiger partial charge in [0.25, 0.3) is 0 Å². The zero-order valence-corrected chi connectivity index (χ0v) is 29.3. The first kappa shape index (κ1) is 28.0. The molecule has 0 atom stereocenters. The van der Waals surface area contributed by atoms with Gasteiger partial charge >= 0.3 is 148 Å². The minimum Gasteiger partial charge on any atom is 3.00 e. The van der Waals surface area contributed by atoms with Crippen molar-refractivity contribution in [3.8, 4) is 17.1 Å². The average Bonchev–Trinajstić information content (AvgIpc) is 3.79. The van der Waals surface area contributed by atoms with Crippen LogP contribution in [0.15, 0.2) is 96.4 Å². The number of rotatable bonds is 6. The fourth-order valence-corrected chi connectivity index (χ4v) is 7.87. The van der Waals surface area contributed by atoms with Crippen LogP contribution in [-0.2, 0) is 20.1 Å². The van der Waals surface area contributed by atoms with Gasteiger partial charge in [-0.05, 0) is 23.0 Å².